The van der Waals surface area contributed by atoms with Gasteiger partial charge in [0, 0.05) is 11.6 Å². The molecule has 0 aliphatic carbocycles. The summed E-state index contributed by atoms with van der Waals surface area (Å²) in [5, 5.41) is 3.26. The van der Waals surface area contributed by atoms with Crippen LogP contribution in [-0.4, -0.2) is 7.05 Å². The quantitative estimate of drug-likeness (QED) is 0.856. The van der Waals surface area contributed by atoms with Crippen LogP contribution in [0.25, 0.3) is 0 Å². The van der Waals surface area contributed by atoms with E-state index >= 15 is 0 Å². The first-order valence-corrected chi connectivity index (χ1v) is 6.88. The van der Waals surface area contributed by atoms with E-state index in [4.69, 9.17) is 4.74 Å². The second kappa shape index (κ2) is 7.06. The molecule has 0 aromatic heterocycles. The lowest BCUT2D eigenvalue weighted by Crippen LogP contribution is -2.14. The van der Waals surface area contributed by atoms with E-state index in [0.717, 1.165) is 12.2 Å². The summed E-state index contributed by atoms with van der Waals surface area (Å²) < 4.78 is 19.1. The van der Waals surface area contributed by atoms with Crippen molar-refractivity contribution >= 4 is 0 Å². The molecule has 0 aliphatic heterocycles. The predicted octanol–water partition coefficient (Wildman–Crippen LogP) is 4.08. The standard InChI is InChI=1S/C17H20FNO/c1-3-17(19-2)13-8-10-15(11-9-13)20-12-14-6-4-5-7-16(14)18/h4-11,17,19H,3,12H2,1-2H3. The number of nitrogens with one attached hydrogen (secondary N) is 1. The van der Waals surface area contributed by atoms with Crippen molar-refractivity contribution in [3.05, 3.63) is 65.5 Å². The molecule has 20 heavy (non-hydrogen) atoms. The molecule has 1 atom stereocenters. The zero-order chi connectivity index (χ0) is 14.4. The van der Waals surface area contributed by atoms with E-state index in [1.54, 1.807) is 12.1 Å². The fraction of sp³-hybridized carbons (Fsp3) is 0.294. The highest BCUT2D eigenvalue weighted by Gasteiger charge is 2.06. The van der Waals surface area contributed by atoms with E-state index < -0.39 is 0 Å². The molecule has 0 radical (unpaired) electrons. The zero-order valence-corrected chi connectivity index (χ0v) is 11.9. The molecule has 2 aromatic rings. The van der Waals surface area contributed by atoms with Crippen molar-refractivity contribution in [1.82, 2.24) is 5.32 Å². The molecule has 0 saturated carbocycles. The van der Waals surface area contributed by atoms with Crippen molar-refractivity contribution in [2.75, 3.05) is 7.05 Å². The lowest BCUT2D eigenvalue weighted by molar-refractivity contribution is 0.299. The van der Waals surface area contributed by atoms with Crippen LogP contribution in [-0.2, 0) is 6.61 Å². The number of benzene rings is 2. The lowest BCUT2D eigenvalue weighted by atomic mass is 10.0. The van der Waals surface area contributed by atoms with Crippen LogP contribution in [0.4, 0.5) is 4.39 Å². The number of ether oxygens (including phenoxy) is 1. The Labute approximate surface area is 119 Å². The third kappa shape index (κ3) is 3.58. The maximum absolute atomic E-state index is 13.5. The summed E-state index contributed by atoms with van der Waals surface area (Å²) in [6.07, 6.45) is 1.03. The highest BCUT2D eigenvalue weighted by Crippen LogP contribution is 2.20. The van der Waals surface area contributed by atoms with Gasteiger partial charge in [0.2, 0.25) is 0 Å². The first-order valence-electron chi connectivity index (χ1n) is 6.88. The molecule has 2 rings (SSSR count). The van der Waals surface area contributed by atoms with Crippen molar-refractivity contribution in [3.8, 4) is 5.75 Å². The normalized spacial score (nSPS) is 12.2. The molecular weight excluding hydrogens is 253 g/mol. The fourth-order valence-electron chi connectivity index (χ4n) is 2.18. The van der Waals surface area contributed by atoms with Gasteiger partial charge in [-0.05, 0) is 37.2 Å². The van der Waals surface area contributed by atoms with E-state index in [1.807, 2.05) is 37.4 Å². The van der Waals surface area contributed by atoms with Crippen LogP contribution in [0.5, 0.6) is 5.75 Å². The van der Waals surface area contributed by atoms with Crippen LogP contribution in [0.3, 0.4) is 0 Å². The zero-order valence-electron chi connectivity index (χ0n) is 11.9. The molecule has 106 valence electrons. The van der Waals surface area contributed by atoms with Gasteiger partial charge in [0.15, 0.2) is 0 Å². The summed E-state index contributed by atoms with van der Waals surface area (Å²) in [6, 6.07) is 15.0. The maximum atomic E-state index is 13.5. The second-order valence-electron chi connectivity index (χ2n) is 4.70. The van der Waals surface area contributed by atoms with Crippen molar-refractivity contribution < 1.29 is 9.13 Å². The van der Waals surface area contributed by atoms with E-state index in [2.05, 4.69) is 12.2 Å². The minimum absolute atomic E-state index is 0.231. The number of rotatable bonds is 6. The lowest BCUT2D eigenvalue weighted by Gasteiger charge is -2.15. The Morgan fingerprint density at radius 3 is 2.40 bits per heavy atom. The molecule has 0 fully saturated rings. The molecule has 0 aliphatic rings. The van der Waals surface area contributed by atoms with Gasteiger partial charge in [-0.3, -0.25) is 0 Å². The smallest absolute Gasteiger partial charge is 0.129 e. The van der Waals surface area contributed by atoms with E-state index in [9.17, 15) is 4.39 Å². The van der Waals surface area contributed by atoms with Crippen molar-refractivity contribution in [3.63, 3.8) is 0 Å². The average molecular weight is 273 g/mol. The first kappa shape index (κ1) is 14.5. The Bertz CT molecular complexity index is 535. The van der Waals surface area contributed by atoms with Gasteiger partial charge in [-0.2, -0.15) is 0 Å². The Balaban J connectivity index is 1.99. The minimum Gasteiger partial charge on any atom is -0.489 e. The number of hydrogen-bond donors (Lipinski definition) is 1. The van der Waals surface area contributed by atoms with Crippen LogP contribution < -0.4 is 10.1 Å². The van der Waals surface area contributed by atoms with E-state index in [1.165, 1.54) is 11.6 Å². The Kier molecular flexibility index (Phi) is 5.13. The summed E-state index contributed by atoms with van der Waals surface area (Å²) in [5.41, 5.74) is 1.80. The van der Waals surface area contributed by atoms with Gasteiger partial charge >= 0.3 is 0 Å². The SMILES string of the molecule is CCC(NC)c1ccc(OCc2ccccc2F)cc1. The molecular formula is C17H20FNO. The van der Waals surface area contributed by atoms with Crippen LogP contribution >= 0.6 is 0 Å². The molecule has 0 bridgehead atoms. The molecule has 3 heteroatoms. The van der Waals surface area contributed by atoms with Crippen LogP contribution in [0.2, 0.25) is 0 Å². The highest BCUT2D eigenvalue weighted by atomic mass is 19.1. The molecule has 0 heterocycles. The molecule has 2 aromatic carbocycles. The van der Waals surface area contributed by atoms with Gasteiger partial charge < -0.3 is 10.1 Å². The Morgan fingerprint density at radius 1 is 1.10 bits per heavy atom. The minimum atomic E-state index is -0.231. The van der Waals surface area contributed by atoms with E-state index in [-0.39, 0.29) is 12.4 Å². The third-order valence-electron chi connectivity index (χ3n) is 3.39. The van der Waals surface area contributed by atoms with Crippen LogP contribution in [0.15, 0.2) is 48.5 Å². The topological polar surface area (TPSA) is 21.3 Å². The first-order chi connectivity index (χ1) is 9.74. The molecule has 1 N–H and O–H groups in total. The van der Waals surface area contributed by atoms with Crippen molar-refractivity contribution in [2.24, 2.45) is 0 Å². The van der Waals surface area contributed by atoms with Crippen LogP contribution in [0, 0.1) is 5.82 Å². The average Bonchev–Trinajstić information content (AvgIpc) is 2.49. The highest BCUT2D eigenvalue weighted by molar-refractivity contribution is 5.29. The van der Waals surface area contributed by atoms with Crippen molar-refractivity contribution in [2.45, 2.75) is 26.0 Å². The van der Waals surface area contributed by atoms with Gasteiger partial charge in [-0.1, -0.05) is 37.3 Å². The maximum Gasteiger partial charge on any atom is 0.129 e. The van der Waals surface area contributed by atoms with Gasteiger partial charge in [0.1, 0.15) is 18.2 Å². The number of halogens is 1. The largest absolute Gasteiger partial charge is 0.489 e. The van der Waals surface area contributed by atoms with Crippen LogP contribution in [0.1, 0.15) is 30.5 Å². The number of hydrogen-bond acceptors (Lipinski definition) is 2. The predicted molar refractivity (Wildman–Crippen MR) is 79.3 cm³/mol. The summed E-state index contributed by atoms with van der Waals surface area (Å²) in [4.78, 5) is 0. The third-order valence-corrected chi connectivity index (χ3v) is 3.39. The van der Waals surface area contributed by atoms with Gasteiger partial charge in [-0.15, -0.1) is 0 Å². The summed E-state index contributed by atoms with van der Waals surface area (Å²) >= 11 is 0. The monoisotopic (exact) mass is 273 g/mol. The Hall–Kier alpha value is -1.87. The van der Waals surface area contributed by atoms with Gasteiger partial charge in [0.25, 0.3) is 0 Å². The van der Waals surface area contributed by atoms with Crippen molar-refractivity contribution in [1.29, 1.82) is 0 Å². The summed E-state index contributed by atoms with van der Waals surface area (Å²) in [5.74, 6) is 0.522. The summed E-state index contributed by atoms with van der Waals surface area (Å²) in [7, 11) is 1.96. The molecule has 2 nitrogen and oxygen atoms in total. The fourth-order valence-corrected chi connectivity index (χ4v) is 2.18. The second-order valence-corrected chi connectivity index (χ2v) is 4.70. The Morgan fingerprint density at radius 2 is 1.80 bits per heavy atom. The molecule has 0 saturated heterocycles. The molecule has 0 amide bonds. The van der Waals surface area contributed by atoms with Gasteiger partial charge in [-0.25, -0.2) is 4.39 Å². The molecule has 1 unspecified atom stereocenters. The molecule has 0 spiro atoms. The van der Waals surface area contributed by atoms with Gasteiger partial charge in [0.05, 0.1) is 0 Å². The summed E-state index contributed by atoms with van der Waals surface area (Å²) in [6.45, 7) is 2.39. The van der Waals surface area contributed by atoms with E-state index in [0.29, 0.717) is 11.6 Å².